The second-order valence-corrected chi connectivity index (χ2v) is 6.52. The number of anilines is 1. The number of nitrogens with zero attached hydrogens (tertiary/aromatic N) is 1. The van der Waals surface area contributed by atoms with E-state index < -0.39 is 29.7 Å². The van der Waals surface area contributed by atoms with Crippen LogP contribution in [0.4, 0.5) is 18.9 Å². The molecule has 0 aliphatic heterocycles. The molecule has 0 aliphatic rings. The maximum absolute atomic E-state index is 13.0. The third-order valence-electron chi connectivity index (χ3n) is 4.03. The molecule has 1 atom stereocenters. The van der Waals surface area contributed by atoms with Crippen molar-refractivity contribution in [3.8, 4) is 0 Å². The smallest absolute Gasteiger partial charge is 0.416 e. The maximum Gasteiger partial charge on any atom is 0.416 e. The summed E-state index contributed by atoms with van der Waals surface area (Å²) in [6, 6.07) is 13.4. The lowest BCUT2D eigenvalue weighted by atomic mass is 10.1. The molecule has 0 radical (unpaired) electrons. The fourth-order valence-electron chi connectivity index (χ4n) is 2.56. The van der Waals surface area contributed by atoms with E-state index >= 15 is 0 Å². The Labute approximate surface area is 174 Å². The number of hydrogen-bond acceptors (Lipinski definition) is 4. The van der Waals surface area contributed by atoms with Gasteiger partial charge >= 0.3 is 12.1 Å². The highest BCUT2D eigenvalue weighted by Gasteiger charge is 2.32. The van der Waals surface area contributed by atoms with Gasteiger partial charge in [-0.2, -0.15) is 13.2 Å². The summed E-state index contributed by atoms with van der Waals surface area (Å²) in [5.41, 5.74) is -0.735. The molecule has 154 valence electrons. The highest BCUT2D eigenvalue weighted by molar-refractivity contribution is 6.33. The van der Waals surface area contributed by atoms with Gasteiger partial charge in [0, 0.05) is 18.0 Å². The molecule has 1 heterocycles. The van der Waals surface area contributed by atoms with Crippen molar-refractivity contribution < 1.29 is 27.5 Å². The van der Waals surface area contributed by atoms with Crippen molar-refractivity contribution in [2.45, 2.75) is 12.3 Å². The van der Waals surface area contributed by atoms with Crippen LogP contribution in [0.25, 0.3) is 0 Å². The van der Waals surface area contributed by atoms with Gasteiger partial charge in [0.15, 0.2) is 0 Å². The van der Waals surface area contributed by atoms with Gasteiger partial charge in [-0.25, -0.2) is 4.79 Å². The van der Waals surface area contributed by atoms with E-state index in [4.69, 9.17) is 16.3 Å². The standard InChI is InChI=1S/C21H14ClF3N2O3/c22-16-7-6-15(21(23,24)25)12-17(16)27-19(28)18(13-4-2-1-3-5-13)30-20(29)14-8-10-26-11-9-14/h1-12,18H,(H,27,28). The third kappa shape index (κ3) is 5.15. The molecular weight excluding hydrogens is 421 g/mol. The predicted octanol–water partition coefficient (Wildman–Crippen LogP) is 5.29. The van der Waals surface area contributed by atoms with Crippen molar-refractivity contribution in [1.29, 1.82) is 0 Å². The van der Waals surface area contributed by atoms with Crippen molar-refractivity contribution in [1.82, 2.24) is 4.98 Å². The van der Waals surface area contributed by atoms with Crippen LogP contribution in [0.5, 0.6) is 0 Å². The van der Waals surface area contributed by atoms with Crippen molar-refractivity contribution in [3.63, 3.8) is 0 Å². The Morgan fingerprint density at radius 2 is 1.67 bits per heavy atom. The van der Waals surface area contributed by atoms with Crippen molar-refractivity contribution in [2.24, 2.45) is 0 Å². The van der Waals surface area contributed by atoms with Crippen LogP contribution in [0, 0.1) is 0 Å². The Morgan fingerprint density at radius 1 is 1.00 bits per heavy atom. The van der Waals surface area contributed by atoms with Gasteiger partial charge in [-0.3, -0.25) is 9.78 Å². The zero-order chi connectivity index (χ0) is 21.7. The summed E-state index contributed by atoms with van der Waals surface area (Å²) in [4.78, 5) is 29.1. The fourth-order valence-corrected chi connectivity index (χ4v) is 2.72. The molecule has 3 rings (SSSR count). The van der Waals surface area contributed by atoms with Crippen LogP contribution in [-0.2, 0) is 15.7 Å². The molecule has 0 fully saturated rings. The number of ether oxygens (including phenoxy) is 1. The number of pyridine rings is 1. The van der Waals surface area contributed by atoms with E-state index in [9.17, 15) is 22.8 Å². The number of halogens is 4. The predicted molar refractivity (Wildman–Crippen MR) is 104 cm³/mol. The second kappa shape index (κ2) is 8.96. The van der Waals surface area contributed by atoms with E-state index in [1.54, 1.807) is 30.3 Å². The number of carbonyl (C=O) groups excluding carboxylic acids is 2. The van der Waals surface area contributed by atoms with Crippen molar-refractivity contribution in [3.05, 3.63) is 94.8 Å². The normalized spacial score (nSPS) is 12.1. The van der Waals surface area contributed by atoms with Crippen LogP contribution in [0.1, 0.15) is 27.6 Å². The number of aromatic nitrogens is 1. The van der Waals surface area contributed by atoms with Crippen LogP contribution in [0.15, 0.2) is 73.1 Å². The molecule has 9 heteroatoms. The lowest BCUT2D eigenvalue weighted by molar-refractivity contribution is -0.137. The largest absolute Gasteiger partial charge is 0.444 e. The summed E-state index contributed by atoms with van der Waals surface area (Å²) in [6.45, 7) is 0. The first-order valence-electron chi connectivity index (χ1n) is 8.59. The number of benzene rings is 2. The monoisotopic (exact) mass is 434 g/mol. The molecular formula is C21H14ClF3N2O3. The summed E-state index contributed by atoms with van der Waals surface area (Å²) in [5.74, 6) is -1.65. The van der Waals surface area contributed by atoms with E-state index in [1.165, 1.54) is 24.5 Å². The zero-order valence-electron chi connectivity index (χ0n) is 15.2. The van der Waals surface area contributed by atoms with Gasteiger partial charge in [0.1, 0.15) is 0 Å². The van der Waals surface area contributed by atoms with Gasteiger partial charge in [0.2, 0.25) is 6.10 Å². The van der Waals surface area contributed by atoms with E-state index in [2.05, 4.69) is 10.3 Å². The highest BCUT2D eigenvalue weighted by Crippen LogP contribution is 2.34. The van der Waals surface area contributed by atoms with Gasteiger partial charge in [-0.05, 0) is 30.3 Å². The Hall–Kier alpha value is -3.39. The highest BCUT2D eigenvalue weighted by atomic mass is 35.5. The molecule has 0 saturated carbocycles. The second-order valence-electron chi connectivity index (χ2n) is 6.11. The molecule has 30 heavy (non-hydrogen) atoms. The Morgan fingerprint density at radius 3 is 2.30 bits per heavy atom. The van der Waals surface area contributed by atoms with E-state index in [-0.39, 0.29) is 16.3 Å². The van der Waals surface area contributed by atoms with Gasteiger partial charge < -0.3 is 10.1 Å². The molecule has 0 aliphatic carbocycles. The topological polar surface area (TPSA) is 68.3 Å². The minimum Gasteiger partial charge on any atom is -0.444 e. The summed E-state index contributed by atoms with van der Waals surface area (Å²) >= 11 is 5.95. The van der Waals surface area contributed by atoms with Crippen molar-refractivity contribution in [2.75, 3.05) is 5.32 Å². The number of nitrogens with one attached hydrogen (secondary N) is 1. The molecule has 3 aromatic rings. The quantitative estimate of drug-likeness (QED) is 0.554. The SMILES string of the molecule is O=C(OC(C(=O)Nc1cc(C(F)(F)F)ccc1Cl)c1ccccc1)c1ccncc1. The molecule has 1 unspecified atom stereocenters. The fraction of sp³-hybridized carbons (Fsp3) is 0.0952. The maximum atomic E-state index is 13.0. The lowest BCUT2D eigenvalue weighted by Gasteiger charge is -2.19. The molecule has 0 saturated heterocycles. The number of alkyl halides is 3. The summed E-state index contributed by atoms with van der Waals surface area (Å²) < 4.78 is 44.3. The summed E-state index contributed by atoms with van der Waals surface area (Å²) in [6.07, 6.45) is -3.26. The average molecular weight is 435 g/mol. The van der Waals surface area contributed by atoms with E-state index in [0.29, 0.717) is 11.6 Å². The lowest BCUT2D eigenvalue weighted by Crippen LogP contribution is -2.26. The molecule has 2 aromatic carbocycles. The zero-order valence-corrected chi connectivity index (χ0v) is 15.9. The number of rotatable bonds is 5. The minimum absolute atomic E-state index is 0.0939. The first kappa shape index (κ1) is 21.3. The Kier molecular flexibility index (Phi) is 6.37. The van der Waals surface area contributed by atoms with Crippen LogP contribution in [0.2, 0.25) is 5.02 Å². The molecule has 1 aromatic heterocycles. The van der Waals surface area contributed by atoms with Crippen molar-refractivity contribution >= 4 is 29.2 Å². The molecule has 1 N–H and O–H groups in total. The van der Waals surface area contributed by atoms with Gasteiger partial charge in [-0.15, -0.1) is 0 Å². The molecule has 0 bridgehead atoms. The molecule has 5 nitrogen and oxygen atoms in total. The third-order valence-corrected chi connectivity index (χ3v) is 4.36. The van der Waals surface area contributed by atoms with Gasteiger partial charge in [-0.1, -0.05) is 41.9 Å². The summed E-state index contributed by atoms with van der Waals surface area (Å²) in [7, 11) is 0. The number of hydrogen-bond donors (Lipinski definition) is 1. The number of amides is 1. The van der Waals surface area contributed by atoms with Gasteiger partial charge in [0.05, 0.1) is 21.8 Å². The molecule has 0 spiro atoms. The number of carbonyl (C=O) groups is 2. The average Bonchev–Trinajstić information content (AvgIpc) is 2.73. The van der Waals surface area contributed by atoms with E-state index in [1.807, 2.05) is 0 Å². The van der Waals surface area contributed by atoms with Crippen LogP contribution < -0.4 is 5.32 Å². The minimum atomic E-state index is -4.61. The first-order valence-corrected chi connectivity index (χ1v) is 8.97. The first-order chi connectivity index (χ1) is 14.3. The van der Waals surface area contributed by atoms with E-state index in [0.717, 1.165) is 12.1 Å². The summed E-state index contributed by atoms with van der Waals surface area (Å²) in [5, 5.41) is 2.22. The van der Waals surface area contributed by atoms with Gasteiger partial charge in [0.25, 0.3) is 5.91 Å². The van der Waals surface area contributed by atoms with Crippen LogP contribution in [-0.4, -0.2) is 16.9 Å². The van der Waals surface area contributed by atoms with Crippen LogP contribution in [0.3, 0.4) is 0 Å². The number of esters is 1. The Bertz CT molecular complexity index is 1040. The Balaban J connectivity index is 1.89. The molecule has 1 amide bonds. The van der Waals surface area contributed by atoms with Crippen LogP contribution >= 0.6 is 11.6 Å².